The Kier molecular flexibility index (Phi) is 11.3. The molecule has 0 aromatic heterocycles. The number of aliphatic carboxylic acids is 1. The normalized spacial score (nSPS) is 18.7. The van der Waals surface area contributed by atoms with Crippen LogP contribution in [-0.4, -0.2) is 77.1 Å². The fourth-order valence-corrected chi connectivity index (χ4v) is 5.21. The van der Waals surface area contributed by atoms with Gasteiger partial charge in [-0.2, -0.15) is 11.8 Å². The van der Waals surface area contributed by atoms with Crippen LogP contribution < -0.4 is 20.7 Å². The first-order valence-corrected chi connectivity index (χ1v) is 14.7. The lowest BCUT2D eigenvalue weighted by Crippen LogP contribution is -2.56. The Labute approximate surface area is 228 Å². The average molecular weight is 549 g/mol. The fourth-order valence-electron chi connectivity index (χ4n) is 4.74. The third-order valence-corrected chi connectivity index (χ3v) is 7.79. The summed E-state index contributed by atoms with van der Waals surface area (Å²) >= 11 is 1.52. The van der Waals surface area contributed by atoms with Gasteiger partial charge in [-0.05, 0) is 42.8 Å². The number of carboxylic acid groups (broad SMARTS) is 1. The number of benzene rings is 1. The number of carbonyl (C=O) groups is 4. The van der Waals surface area contributed by atoms with Crippen molar-refractivity contribution in [2.45, 2.75) is 77.2 Å². The molecule has 1 unspecified atom stereocenters. The molecule has 3 rings (SSSR count). The molecule has 2 aliphatic rings. The maximum atomic E-state index is 13.2. The molecule has 0 aliphatic carbocycles. The summed E-state index contributed by atoms with van der Waals surface area (Å²) in [5, 5.41) is 18.1. The first-order valence-electron chi connectivity index (χ1n) is 13.3. The number of hydrogen-bond acceptors (Lipinski definition) is 7. The first-order chi connectivity index (χ1) is 18.2. The summed E-state index contributed by atoms with van der Waals surface area (Å²) < 4.78 is 5.89. The standard InChI is InChI=1S/C27H40N4O6S/c1-4-17(2)14-22(30-26(34)20-8-9-23(32)28-20)31(15-19-7-5-6-18-10-12-37-25(18)19)16-24(33)29-21(27(35)36)11-13-38-3/h5-7,17,20-22H,4,8-16H2,1-3H3,(H,28,32)(H,29,33)(H,30,34)(H,35,36)/t17-,20-,21-,22?/m0/s1. The van der Waals surface area contributed by atoms with Crippen molar-refractivity contribution in [3.05, 3.63) is 29.3 Å². The maximum absolute atomic E-state index is 13.2. The molecule has 2 heterocycles. The maximum Gasteiger partial charge on any atom is 0.326 e. The zero-order chi connectivity index (χ0) is 27.7. The van der Waals surface area contributed by atoms with Crippen LogP contribution in [0.3, 0.4) is 0 Å². The predicted octanol–water partition coefficient (Wildman–Crippen LogP) is 1.90. The number of fused-ring (bicyclic) bond motifs is 1. The number of carbonyl (C=O) groups excluding carboxylic acids is 3. The molecule has 1 aromatic rings. The molecule has 1 aromatic carbocycles. The largest absolute Gasteiger partial charge is 0.493 e. The van der Waals surface area contributed by atoms with E-state index in [2.05, 4.69) is 29.8 Å². The van der Waals surface area contributed by atoms with Crippen molar-refractivity contribution in [3.8, 4) is 5.75 Å². The van der Waals surface area contributed by atoms with Gasteiger partial charge < -0.3 is 25.8 Å². The topological polar surface area (TPSA) is 137 Å². The molecule has 0 bridgehead atoms. The molecule has 4 atom stereocenters. The highest BCUT2D eigenvalue weighted by Gasteiger charge is 2.32. The average Bonchev–Trinajstić information content (AvgIpc) is 3.55. The molecule has 2 aliphatic heterocycles. The van der Waals surface area contributed by atoms with Gasteiger partial charge in [0.1, 0.15) is 17.8 Å². The van der Waals surface area contributed by atoms with Crippen molar-refractivity contribution in [1.29, 1.82) is 0 Å². The van der Waals surface area contributed by atoms with Crippen LogP contribution in [0.25, 0.3) is 0 Å². The van der Waals surface area contributed by atoms with Crippen LogP contribution in [0.15, 0.2) is 18.2 Å². The van der Waals surface area contributed by atoms with Gasteiger partial charge in [-0.1, -0.05) is 38.5 Å². The van der Waals surface area contributed by atoms with E-state index in [4.69, 9.17) is 4.74 Å². The van der Waals surface area contributed by atoms with Crippen LogP contribution in [0.5, 0.6) is 5.75 Å². The van der Waals surface area contributed by atoms with Gasteiger partial charge in [-0.3, -0.25) is 19.3 Å². The Morgan fingerprint density at radius 2 is 2.05 bits per heavy atom. The third kappa shape index (κ3) is 8.36. The Morgan fingerprint density at radius 3 is 2.71 bits per heavy atom. The van der Waals surface area contributed by atoms with Crippen LogP contribution in [0.2, 0.25) is 0 Å². The second-order valence-electron chi connectivity index (χ2n) is 10.1. The molecule has 4 N–H and O–H groups in total. The first kappa shape index (κ1) is 29.8. The van der Waals surface area contributed by atoms with Crippen LogP contribution in [0.1, 0.15) is 57.1 Å². The van der Waals surface area contributed by atoms with E-state index < -0.39 is 30.1 Å². The van der Waals surface area contributed by atoms with E-state index in [9.17, 15) is 24.3 Å². The number of hydrogen-bond donors (Lipinski definition) is 4. The highest BCUT2D eigenvalue weighted by Crippen LogP contribution is 2.31. The fraction of sp³-hybridized carbons (Fsp3) is 0.630. The lowest BCUT2D eigenvalue weighted by atomic mass is 10.0. The summed E-state index contributed by atoms with van der Waals surface area (Å²) in [7, 11) is 0. The molecule has 10 nitrogen and oxygen atoms in total. The second-order valence-corrected chi connectivity index (χ2v) is 11.1. The quantitative estimate of drug-likeness (QED) is 0.244. The number of nitrogens with zero attached hydrogens (tertiary/aromatic N) is 1. The van der Waals surface area contributed by atoms with Gasteiger partial charge in [-0.15, -0.1) is 0 Å². The van der Waals surface area contributed by atoms with Crippen LogP contribution in [0.4, 0.5) is 0 Å². The van der Waals surface area contributed by atoms with Crippen molar-refractivity contribution < 1.29 is 29.0 Å². The zero-order valence-electron chi connectivity index (χ0n) is 22.5. The van der Waals surface area contributed by atoms with Crippen LogP contribution in [-0.2, 0) is 32.1 Å². The number of ether oxygens (including phenoxy) is 1. The Balaban J connectivity index is 1.85. The summed E-state index contributed by atoms with van der Waals surface area (Å²) in [5.41, 5.74) is 2.01. The van der Waals surface area contributed by atoms with E-state index in [1.54, 1.807) is 0 Å². The summed E-state index contributed by atoms with van der Waals surface area (Å²) in [6, 6.07) is 4.34. The molecule has 1 saturated heterocycles. The molecule has 38 heavy (non-hydrogen) atoms. The van der Waals surface area contributed by atoms with Gasteiger partial charge in [0.15, 0.2) is 0 Å². The monoisotopic (exact) mass is 548 g/mol. The van der Waals surface area contributed by atoms with E-state index >= 15 is 0 Å². The van der Waals surface area contributed by atoms with Crippen molar-refractivity contribution >= 4 is 35.5 Å². The van der Waals surface area contributed by atoms with Gasteiger partial charge >= 0.3 is 5.97 Å². The minimum absolute atomic E-state index is 0.106. The number of nitrogens with one attached hydrogen (secondary N) is 3. The van der Waals surface area contributed by atoms with Gasteiger partial charge in [0.25, 0.3) is 0 Å². The number of thioether (sulfide) groups is 1. The Bertz CT molecular complexity index is 1010. The van der Waals surface area contributed by atoms with E-state index in [1.165, 1.54) is 11.8 Å². The lowest BCUT2D eigenvalue weighted by molar-refractivity contribution is -0.142. The van der Waals surface area contributed by atoms with Crippen LogP contribution in [0, 0.1) is 5.92 Å². The summed E-state index contributed by atoms with van der Waals surface area (Å²) in [4.78, 5) is 51.6. The van der Waals surface area contributed by atoms with E-state index in [0.717, 1.165) is 29.7 Å². The zero-order valence-corrected chi connectivity index (χ0v) is 23.3. The van der Waals surface area contributed by atoms with E-state index in [-0.39, 0.29) is 24.3 Å². The third-order valence-electron chi connectivity index (χ3n) is 7.14. The molecule has 11 heteroatoms. The minimum Gasteiger partial charge on any atom is -0.493 e. The minimum atomic E-state index is -1.07. The second kappa shape index (κ2) is 14.4. The predicted molar refractivity (Wildman–Crippen MR) is 146 cm³/mol. The molecular formula is C27H40N4O6S. The number of amides is 3. The van der Waals surface area contributed by atoms with Crippen molar-refractivity contribution in [2.24, 2.45) is 5.92 Å². The molecule has 0 radical (unpaired) electrons. The van der Waals surface area contributed by atoms with Gasteiger partial charge in [-0.25, -0.2) is 4.79 Å². The lowest BCUT2D eigenvalue weighted by Gasteiger charge is -2.34. The van der Waals surface area contributed by atoms with E-state index in [0.29, 0.717) is 44.6 Å². The van der Waals surface area contributed by atoms with E-state index in [1.807, 2.05) is 29.4 Å². The molecule has 210 valence electrons. The number of para-hydroxylation sites is 1. The van der Waals surface area contributed by atoms with Gasteiger partial charge in [0, 0.05) is 24.9 Å². The highest BCUT2D eigenvalue weighted by molar-refractivity contribution is 7.98. The van der Waals surface area contributed by atoms with Crippen molar-refractivity contribution in [2.75, 3.05) is 25.2 Å². The molecule has 0 spiro atoms. The van der Waals surface area contributed by atoms with Gasteiger partial charge in [0.05, 0.1) is 19.3 Å². The van der Waals surface area contributed by atoms with Gasteiger partial charge in [0.2, 0.25) is 17.7 Å². The molecule has 1 fully saturated rings. The Morgan fingerprint density at radius 1 is 1.26 bits per heavy atom. The molecular weight excluding hydrogens is 508 g/mol. The SMILES string of the molecule is CC[C@H](C)CC(NC(=O)[C@@H]1CCC(=O)N1)N(CC(=O)N[C@@H](CCSC)C(=O)O)Cc1cccc2c1OCC2. The molecule has 3 amide bonds. The van der Waals surface area contributed by atoms with Crippen molar-refractivity contribution in [1.82, 2.24) is 20.9 Å². The summed E-state index contributed by atoms with van der Waals surface area (Å²) in [5.74, 6) is -0.282. The Hall–Kier alpha value is -2.79. The summed E-state index contributed by atoms with van der Waals surface area (Å²) in [6.45, 7) is 4.97. The number of rotatable bonds is 15. The van der Waals surface area contributed by atoms with Crippen molar-refractivity contribution in [3.63, 3.8) is 0 Å². The smallest absolute Gasteiger partial charge is 0.326 e. The number of carboxylic acids is 1. The highest BCUT2D eigenvalue weighted by atomic mass is 32.2. The summed E-state index contributed by atoms with van der Waals surface area (Å²) in [6.07, 6.45) is 4.71. The van der Waals surface area contributed by atoms with Crippen LogP contribution >= 0.6 is 11.8 Å². The molecule has 0 saturated carbocycles.